The van der Waals surface area contributed by atoms with Crippen molar-refractivity contribution in [3.05, 3.63) is 5.01 Å². The number of anilines is 1. The largest absolute Gasteiger partial charge is 0.301 e. The molecule has 16 heavy (non-hydrogen) atoms. The quantitative estimate of drug-likeness (QED) is 0.862. The number of carbonyl (C=O) groups is 1. The number of hydrogen-bond donors (Lipinski definition) is 1. The van der Waals surface area contributed by atoms with E-state index in [9.17, 15) is 4.79 Å². The molecule has 0 spiro atoms. The SMILES string of the molecule is CC(C)CCC(=O)Nc1nnc(C(C)C)s1. The molecule has 1 N–H and O–H groups in total. The summed E-state index contributed by atoms with van der Waals surface area (Å²) in [4.78, 5) is 11.5. The van der Waals surface area contributed by atoms with E-state index in [-0.39, 0.29) is 5.91 Å². The van der Waals surface area contributed by atoms with Gasteiger partial charge in [0.05, 0.1) is 0 Å². The molecule has 0 atom stereocenters. The van der Waals surface area contributed by atoms with Gasteiger partial charge in [0.25, 0.3) is 0 Å². The zero-order valence-electron chi connectivity index (χ0n) is 10.3. The van der Waals surface area contributed by atoms with Crippen LogP contribution in [-0.4, -0.2) is 16.1 Å². The van der Waals surface area contributed by atoms with Crippen molar-refractivity contribution in [2.45, 2.75) is 46.5 Å². The molecule has 90 valence electrons. The van der Waals surface area contributed by atoms with E-state index in [4.69, 9.17) is 0 Å². The number of amides is 1. The van der Waals surface area contributed by atoms with Crippen LogP contribution in [-0.2, 0) is 4.79 Å². The normalized spacial score (nSPS) is 11.1. The first-order valence-electron chi connectivity index (χ1n) is 5.62. The first kappa shape index (κ1) is 13.1. The Kier molecular flexibility index (Phi) is 4.86. The van der Waals surface area contributed by atoms with Gasteiger partial charge >= 0.3 is 0 Å². The molecular formula is C11H19N3OS. The average molecular weight is 241 g/mol. The van der Waals surface area contributed by atoms with E-state index in [2.05, 4.69) is 43.2 Å². The second kappa shape index (κ2) is 5.94. The third-order valence-corrected chi connectivity index (χ3v) is 3.27. The third-order valence-electron chi connectivity index (χ3n) is 2.13. The van der Waals surface area contributed by atoms with E-state index in [0.717, 1.165) is 11.4 Å². The Hall–Kier alpha value is -0.970. The van der Waals surface area contributed by atoms with Crippen LogP contribution >= 0.6 is 11.3 Å². The summed E-state index contributed by atoms with van der Waals surface area (Å²) in [5.41, 5.74) is 0. The highest BCUT2D eigenvalue weighted by Gasteiger charge is 2.10. The Morgan fingerprint density at radius 2 is 2.00 bits per heavy atom. The van der Waals surface area contributed by atoms with Gasteiger partial charge < -0.3 is 5.32 Å². The maximum Gasteiger partial charge on any atom is 0.226 e. The van der Waals surface area contributed by atoms with Crippen LogP contribution in [0.25, 0.3) is 0 Å². The molecule has 1 aromatic heterocycles. The van der Waals surface area contributed by atoms with E-state index >= 15 is 0 Å². The van der Waals surface area contributed by atoms with Crippen molar-refractivity contribution < 1.29 is 4.79 Å². The summed E-state index contributed by atoms with van der Waals surface area (Å²) < 4.78 is 0. The standard InChI is InChI=1S/C11H19N3OS/c1-7(2)5-6-9(15)12-11-14-13-10(16-11)8(3)4/h7-8H,5-6H2,1-4H3,(H,12,14,15). The van der Waals surface area contributed by atoms with Crippen molar-refractivity contribution in [3.63, 3.8) is 0 Å². The van der Waals surface area contributed by atoms with Crippen molar-refractivity contribution in [1.29, 1.82) is 0 Å². The summed E-state index contributed by atoms with van der Waals surface area (Å²) in [5.74, 6) is 0.936. The molecule has 1 aromatic rings. The number of rotatable bonds is 5. The van der Waals surface area contributed by atoms with Crippen LogP contribution in [0.15, 0.2) is 0 Å². The van der Waals surface area contributed by atoms with Crippen LogP contribution in [0.1, 0.15) is 51.5 Å². The molecule has 0 saturated heterocycles. The number of nitrogens with zero attached hydrogens (tertiary/aromatic N) is 2. The summed E-state index contributed by atoms with van der Waals surface area (Å²) >= 11 is 1.45. The lowest BCUT2D eigenvalue weighted by molar-refractivity contribution is -0.116. The minimum absolute atomic E-state index is 0.0279. The van der Waals surface area contributed by atoms with Gasteiger partial charge in [-0.3, -0.25) is 4.79 Å². The van der Waals surface area contributed by atoms with Gasteiger partial charge in [-0.2, -0.15) is 0 Å². The molecule has 0 radical (unpaired) electrons. The van der Waals surface area contributed by atoms with Gasteiger partial charge in [-0.1, -0.05) is 39.0 Å². The van der Waals surface area contributed by atoms with Crippen LogP contribution in [0.5, 0.6) is 0 Å². The predicted octanol–water partition coefficient (Wildman–Crippen LogP) is 3.04. The minimum Gasteiger partial charge on any atom is -0.301 e. The van der Waals surface area contributed by atoms with E-state index in [1.165, 1.54) is 11.3 Å². The Balaban J connectivity index is 2.43. The average Bonchev–Trinajstić information content (AvgIpc) is 2.63. The predicted molar refractivity (Wildman–Crippen MR) is 66.7 cm³/mol. The van der Waals surface area contributed by atoms with E-state index in [0.29, 0.717) is 23.4 Å². The molecule has 5 heteroatoms. The lowest BCUT2D eigenvalue weighted by Gasteiger charge is -2.03. The molecule has 1 rings (SSSR count). The van der Waals surface area contributed by atoms with Gasteiger partial charge in [-0.25, -0.2) is 0 Å². The van der Waals surface area contributed by atoms with Gasteiger partial charge in [0.1, 0.15) is 5.01 Å². The number of nitrogens with one attached hydrogen (secondary N) is 1. The molecule has 1 heterocycles. The van der Waals surface area contributed by atoms with Crippen LogP contribution in [0.2, 0.25) is 0 Å². The molecule has 0 aromatic carbocycles. The monoisotopic (exact) mass is 241 g/mol. The molecule has 0 aliphatic carbocycles. The molecular weight excluding hydrogens is 222 g/mol. The maximum atomic E-state index is 11.5. The summed E-state index contributed by atoms with van der Waals surface area (Å²) in [6.45, 7) is 8.33. The van der Waals surface area contributed by atoms with Crippen molar-refractivity contribution in [1.82, 2.24) is 10.2 Å². The van der Waals surface area contributed by atoms with Crippen LogP contribution in [0, 0.1) is 5.92 Å². The van der Waals surface area contributed by atoms with Crippen molar-refractivity contribution in [3.8, 4) is 0 Å². The molecule has 4 nitrogen and oxygen atoms in total. The molecule has 1 amide bonds. The Bertz CT molecular complexity index is 347. The first-order chi connectivity index (χ1) is 7.49. The van der Waals surface area contributed by atoms with Crippen LogP contribution in [0.3, 0.4) is 0 Å². The third kappa shape index (κ3) is 4.26. The highest BCUT2D eigenvalue weighted by Crippen LogP contribution is 2.22. The van der Waals surface area contributed by atoms with Gasteiger partial charge in [-0.05, 0) is 12.3 Å². The number of aromatic nitrogens is 2. The van der Waals surface area contributed by atoms with Gasteiger partial charge in [0, 0.05) is 12.3 Å². The van der Waals surface area contributed by atoms with Gasteiger partial charge in [-0.15, -0.1) is 10.2 Å². The summed E-state index contributed by atoms with van der Waals surface area (Å²) in [7, 11) is 0. The zero-order valence-corrected chi connectivity index (χ0v) is 11.1. The Morgan fingerprint density at radius 1 is 1.31 bits per heavy atom. The molecule has 0 bridgehead atoms. The molecule has 0 aliphatic heterocycles. The highest BCUT2D eigenvalue weighted by molar-refractivity contribution is 7.15. The summed E-state index contributed by atoms with van der Waals surface area (Å²) in [6, 6.07) is 0. The van der Waals surface area contributed by atoms with E-state index in [1.54, 1.807) is 0 Å². The number of carbonyl (C=O) groups excluding carboxylic acids is 1. The van der Waals surface area contributed by atoms with E-state index in [1.807, 2.05) is 0 Å². The van der Waals surface area contributed by atoms with E-state index < -0.39 is 0 Å². The summed E-state index contributed by atoms with van der Waals surface area (Å²) in [6.07, 6.45) is 1.45. The Labute approximate surface area is 100 Å². The number of hydrogen-bond acceptors (Lipinski definition) is 4. The van der Waals surface area contributed by atoms with Crippen molar-refractivity contribution in [2.24, 2.45) is 5.92 Å². The molecule has 0 fully saturated rings. The molecule has 0 aliphatic rings. The van der Waals surface area contributed by atoms with Gasteiger partial charge in [0.15, 0.2) is 0 Å². The first-order valence-corrected chi connectivity index (χ1v) is 6.44. The van der Waals surface area contributed by atoms with Crippen molar-refractivity contribution in [2.75, 3.05) is 5.32 Å². The fourth-order valence-electron chi connectivity index (χ4n) is 1.12. The lowest BCUT2D eigenvalue weighted by Crippen LogP contribution is -2.11. The van der Waals surface area contributed by atoms with Gasteiger partial charge in [0.2, 0.25) is 11.0 Å². The zero-order chi connectivity index (χ0) is 12.1. The minimum atomic E-state index is 0.0279. The lowest BCUT2D eigenvalue weighted by atomic mass is 10.1. The van der Waals surface area contributed by atoms with Crippen LogP contribution in [0.4, 0.5) is 5.13 Å². The van der Waals surface area contributed by atoms with Crippen LogP contribution < -0.4 is 5.32 Å². The second-order valence-electron chi connectivity index (χ2n) is 4.58. The smallest absolute Gasteiger partial charge is 0.226 e. The van der Waals surface area contributed by atoms with Crippen molar-refractivity contribution >= 4 is 22.4 Å². The topological polar surface area (TPSA) is 54.9 Å². The fourth-order valence-corrected chi connectivity index (χ4v) is 1.88. The highest BCUT2D eigenvalue weighted by atomic mass is 32.1. The molecule has 0 saturated carbocycles. The second-order valence-corrected chi connectivity index (χ2v) is 5.59. The summed E-state index contributed by atoms with van der Waals surface area (Å²) in [5, 5.41) is 12.3. The Morgan fingerprint density at radius 3 is 2.50 bits per heavy atom. The maximum absolute atomic E-state index is 11.5. The fraction of sp³-hybridized carbons (Fsp3) is 0.727. The molecule has 0 unspecified atom stereocenters.